The van der Waals surface area contributed by atoms with E-state index in [9.17, 15) is 18.8 Å². The molecule has 2 aliphatic rings. The fourth-order valence-electron chi connectivity index (χ4n) is 4.37. The summed E-state index contributed by atoms with van der Waals surface area (Å²) in [6, 6.07) is 7.07. The summed E-state index contributed by atoms with van der Waals surface area (Å²) in [7, 11) is 0. The van der Waals surface area contributed by atoms with E-state index in [1.165, 1.54) is 6.07 Å². The van der Waals surface area contributed by atoms with Crippen LogP contribution in [0.1, 0.15) is 50.3 Å². The Morgan fingerprint density at radius 1 is 1.36 bits per heavy atom. The van der Waals surface area contributed by atoms with Gasteiger partial charge in [-0.05, 0) is 43.4 Å². The van der Waals surface area contributed by atoms with E-state index in [-0.39, 0.29) is 17.6 Å². The summed E-state index contributed by atoms with van der Waals surface area (Å²) < 4.78 is 37.5. The highest BCUT2D eigenvalue weighted by Gasteiger charge is 2.33. The lowest BCUT2D eigenvalue weighted by atomic mass is 9.83. The third-order valence-electron chi connectivity index (χ3n) is 6.17. The first kappa shape index (κ1) is 22.8. The second-order valence-electron chi connectivity index (χ2n) is 8.57. The van der Waals surface area contributed by atoms with E-state index in [0.29, 0.717) is 41.2 Å². The molecular formula is C25H27F2N3O3. The van der Waals surface area contributed by atoms with Crippen molar-refractivity contribution in [2.75, 3.05) is 6.61 Å². The Kier molecular flexibility index (Phi) is 6.68. The molecule has 8 heteroatoms. The number of carbonyl (C=O) groups is 1. The normalized spacial score (nSPS) is 19.9. The number of ether oxygens (including phenoxy) is 2. The van der Waals surface area contributed by atoms with Gasteiger partial charge in [0, 0.05) is 41.2 Å². The predicted octanol–water partition coefficient (Wildman–Crippen LogP) is 5.83. The van der Waals surface area contributed by atoms with Crippen LogP contribution in [0.3, 0.4) is 0 Å². The largest absolute Gasteiger partial charge is 0.449 e. The van der Waals surface area contributed by atoms with E-state index < -0.39 is 12.7 Å². The number of rotatable bonds is 8. The molecule has 1 saturated carbocycles. The lowest BCUT2D eigenvalue weighted by molar-refractivity contribution is -0.0497. The molecule has 1 fully saturated rings. The van der Waals surface area contributed by atoms with Crippen LogP contribution in [-0.4, -0.2) is 23.9 Å². The molecule has 1 aromatic heterocycles. The third-order valence-corrected chi connectivity index (χ3v) is 6.17. The standard InChI is InChI=1S/C25H27F2N3O3/c1-3-11-32-25(31)29-21-6-4-5-18(15(21)2)23-20(13-28)19-10-9-17(33-24(26)27)12-22(19)30(23)14-16-7-8-16/h4-6,9-10,12,15-16,18,24H,3,7-8,11,14H2,1-2H3,(H,29,31). The summed E-state index contributed by atoms with van der Waals surface area (Å²) in [6.07, 6.45) is 8.14. The van der Waals surface area contributed by atoms with Gasteiger partial charge < -0.3 is 14.0 Å². The summed E-state index contributed by atoms with van der Waals surface area (Å²) >= 11 is 0. The molecule has 6 nitrogen and oxygen atoms in total. The number of hydrogen-bond donors (Lipinski definition) is 1. The molecule has 0 aliphatic heterocycles. The quantitative estimate of drug-likeness (QED) is 0.543. The lowest BCUT2D eigenvalue weighted by Crippen LogP contribution is -2.31. The summed E-state index contributed by atoms with van der Waals surface area (Å²) in [5.74, 6) is 0.244. The number of nitrogens with zero attached hydrogens (tertiary/aromatic N) is 2. The van der Waals surface area contributed by atoms with Gasteiger partial charge >= 0.3 is 12.7 Å². The Hall–Kier alpha value is -3.34. The van der Waals surface area contributed by atoms with Gasteiger partial charge in [0.1, 0.15) is 11.8 Å². The molecule has 2 aliphatic carbocycles. The molecular weight excluding hydrogens is 428 g/mol. The molecule has 2 aromatic rings. The summed E-state index contributed by atoms with van der Waals surface area (Å²) in [5.41, 5.74) is 2.76. The smallest absolute Gasteiger partial charge is 0.411 e. The van der Waals surface area contributed by atoms with Crippen LogP contribution in [0.4, 0.5) is 13.6 Å². The minimum atomic E-state index is -2.92. The van der Waals surface area contributed by atoms with Crippen LogP contribution in [-0.2, 0) is 11.3 Å². The van der Waals surface area contributed by atoms with Gasteiger partial charge in [-0.2, -0.15) is 14.0 Å². The summed E-state index contributed by atoms with van der Waals surface area (Å²) in [5, 5.41) is 13.6. The van der Waals surface area contributed by atoms with E-state index >= 15 is 0 Å². The van der Waals surface area contributed by atoms with Gasteiger partial charge in [0.05, 0.1) is 17.7 Å². The SMILES string of the molecule is CCCOC(=O)NC1=CC=CC(c2c(C#N)c3ccc(OC(F)F)cc3n2CC2CC2)C1C. The molecule has 174 valence electrons. The first-order valence-corrected chi connectivity index (χ1v) is 11.3. The third kappa shape index (κ3) is 4.87. The monoisotopic (exact) mass is 455 g/mol. The van der Waals surface area contributed by atoms with Crippen molar-refractivity contribution >= 4 is 17.0 Å². The van der Waals surface area contributed by atoms with Crippen molar-refractivity contribution in [3.8, 4) is 11.8 Å². The molecule has 0 spiro atoms. The Morgan fingerprint density at radius 3 is 2.82 bits per heavy atom. The van der Waals surface area contributed by atoms with Gasteiger partial charge in [0.15, 0.2) is 0 Å². The number of alkyl carbamates (subject to hydrolysis) is 1. The molecule has 33 heavy (non-hydrogen) atoms. The average molecular weight is 456 g/mol. The lowest BCUT2D eigenvalue weighted by Gasteiger charge is -2.28. The van der Waals surface area contributed by atoms with E-state index in [1.807, 2.05) is 32.1 Å². The van der Waals surface area contributed by atoms with Crippen molar-refractivity contribution in [1.82, 2.24) is 9.88 Å². The zero-order valence-corrected chi connectivity index (χ0v) is 18.7. The predicted molar refractivity (Wildman–Crippen MR) is 120 cm³/mol. The van der Waals surface area contributed by atoms with Crippen molar-refractivity contribution in [1.29, 1.82) is 5.26 Å². The van der Waals surface area contributed by atoms with Crippen LogP contribution < -0.4 is 10.1 Å². The zero-order chi connectivity index (χ0) is 23.5. The molecule has 2 atom stereocenters. The molecule has 2 unspecified atom stereocenters. The average Bonchev–Trinajstić information content (AvgIpc) is 3.55. The molecule has 0 saturated heterocycles. The molecule has 1 heterocycles. The number of allylic oxidation sites excluding steroid dienone is 4. The number of fused-ring (bicyclic) bond motifs is 1. The van der Waals surface area contributed by atoms with Crippen LogP contribution in [0.2, 0.25) is 0 Å². The minimum Gasteiger partial charge on any atom is -0.449 e. The number of carbonyl (C=O) groups excluding carboxylic acids is 1. The van der Waals surface area contributed by atoms with Gasteiger partial charge in [-0.25, -0.2) is 4.79 Å². The van der Waals surface area contributed by atoms with Gasteiger partial charge in [-0.15, -0.1) is 0 Å². The first-order valence-electron chi connectivity index (χ1n) is 11.3. The van der Waals surface area contributed by atoms with E-state index in [2.05, 4.69) is 20.7 Å². The fourth-order valence-corrected chi connectivity index (χ4v) is 4.37. The van der Waals surface area contributed by atoms with E-state index in [1.54, 1.807) is 12.1 Å². The maximum Gasteiger partial charge on any atom is 0.411 e. The topological polar surface area (TPSA) is 76.3 Å². The van der Waals surface area contributed by atoms with E-state index in [0.717, 1.165) is 25.0 Å². The first-order chi connectivity index (χ1) is 15.9. The van der Waals surface area contributed by atoms with Crippen molar-refractivity contribution in [2.24, 2.45) is 11.8 Å². The summed E-state index contributed by atoms with van der Waals surface area (Å²) in [6.45, 7) is 2.04. The van der Waals surface area contributed by atoms with Crippen molar-refractivity contribution in [3.63, 3.8) is 0 Å². The Labute approximate surface area is 191 Å². The number of nitrogens with one attached hydrogen (secondary N) is 1. The maximum absolute atomic E-state index is 12.8. The highest BCUT2D eigenvalue weighted by atomic mass is 19.3. The zero-order valence-electron chi connectivity index (χ0n) is 18.7. The van der Waals surface area contributed by atoms with Crippen LogP contribution in [0.15, 0.2) is 42.1 Å². The van der Waals surface area contributed by atoms with Crippen molar-refractivity contribution in [2.45, 2.75) is 52.2 Å². The van der Waals surface area contributed by atoms with Gasteiger partial charge in [0.2, 0.25) is 0 Å². The second kappa shape index (κ2) is 9.65. The molecule has 0 radical (unpaired) electrons. The number of aromatic nitrogens is 1. The molecule has 1 N–H and O–H groups in total. The highest BCUT2D eigenvalue weighted by Crippen LogP contribution is 2.42. The fraction of sp³-hybridized carbons (Fsp3) is 0.440. The van der Waals surface area contributed by atoms with Crippen molar-refractivity contribution in [3.05, 3.63) is 53.4 Å². The van der Waals surface area contributed by atoms with E-state index in [4.69, 9.17) is 4.74 Å². The summed E-state index contributed by atoms with van der Waals surface area (Å²) in [4.78, 5) is 12.1. The second-order valence-corrected chi connectivity index (χ2v) is 8.57. The van der Waals surface area contributed by atoms with Crippen LogP contribution in [0.5, 0.6) is 5.75 Å². The number of halogens is 2. The molecule has 4 rings (SSSR count). The molecule has 1 amide bonds. The Balaban J connectivity index is 1.74. The Morgan fingerprint density at radius 2 is 2.15 bits per heavy atom. The number of hydrogen-bond acceptors (Lipinski definition) is 4. The van der Waals surface area contributed by atoms with Crippen molar-refractivity contribution < 1.29 is 23.0 Å². The maximum atomic E-state index is 12.8. The molecule has 1 aromatic carbocycles. The number of amides is 1. The Bertz CT molecular complexity index is 1140. The minimum absolute atomic E-state index is 0.0660. The van der Waals surface area contributed by atoms with Gasteiger partial charge in [-0.1, -0.05) is 26.0 Å². The van der Waals surface area contributed by atoms with Crippen LogP contribution >= 0.6 is 0 Å². The highest BCUT2D eigenvalue weighted by molar-refractivity contribution is 5.89. The number of benzene rings is 1. The van der Waals surface area contributed by atoms with Crippen LogP contribution in [0, 0.1) is 23.2 Å². The molecule has 0 bridgehead atoms. The van der Waals surface area contributed by atoms with Crippen LogP contribution in [0.25, 0.3) is 10.9 Å². The number of alkyl halides is 2. The number of nitriles is 1. The van der Waals surface area contributed by atoms with Gasteiger partial charge in [-0.3, -0.25) is 5.32 Å². The van der Waals surface area contributed by atoms with Gasteiger partial charge in [0.25, 0.3) is 0 Å².